The minimum atomic E-state index is 0.816. The Balaban J connectivity index is 1.63. The van der Waals surface area contributed by atoms with Crippen molar-refractivity contribution in [1.82, 2.24) is 14.9 Å². The van der Waals surface area contributed by atoms with Gasteiger partial charge in [0.25, 0.3) is 0 Å². The van der Waals surface area contributed by atoms with Gasteiger partial charge in [0.2, 0.25) is 0 Å². The average molecular weight is 328 g/mol. The van der Waals surface area contributed by atoms with E-state index in [1.54, 1.807) is 14.2 Å². The van der Waals surface area contributed by atoms with Gasteiger partial charge < -0.3 is 14.4 Å². The fraction of sp³-hybridized carbons (Fsp3) is 0.444. The predicted octanol–water partition coefficient (Wildman–Crippen LogP) is 2.12. The second-order valence-electron chi connectivity index (χ2n) is 5.90. The Kier molecular flexibility index (Phi) is 5.15. The van der Waals surface area contributed by atoms with Crippen LogP contribution in [-0.4, -0.2) is 55.3 Å². The molecule has 0 radical (unpaired) electrons. The number of piperazine rings is 1. The van der Waals surface area contributed by atoms with Gasteiger partial charge in [-0.3, -0.25) is 4.90 Å². The van der Waals surface area contributed by atoms with E-state index in [0.29, 0.717) is 0 Å². The van der Waals surface area contributed by atoms with E-state index >= 15 is 0 Å². The maximum Gasteiger partial charge on any atom is 0.132 e. The summed E-state index contributed by atoms with van der Waals surface area (Å²) in [6.07, 6.45) is 1.82. The molecule has 6 nitrogen and oxygen atoms in total. The molecule has 1 aliphatic heterocycles. The van der Waals surface area contributed by atoms with Gasteiger partial charge in [-0.05, 0) is 31.2 Å². The van der Waals surface area contributed by atoms with Crippen molar-refractivity contribution in [3.63, 3.8) is 0 Å². The van der Waals surface area contributed by atoms with E-state index in [1.165, 1.54) is 0 Å². The van der Waals surface area contributed by atoms with Gasteiger partial charge in [0.1, 0.15) is 23.1 Å². The maximum absolute atomic E-state index is 5.48. The van der Waals surface area contributed by atoms with Crippen molar-refractivity contribution < 1.29 is 9.47 Å². The van der Waals surface area contributed by atoms with Crippen molar-refractivity contribution in [3.05, 3.63) is 41.9 Å². The number of hydrogen-bond acceptors (Lipinski definition) is 6. The largest absolute Gasteiger partial charge is 0.497 e. The zero-order valence-corrected chi connectivity index (χ0v) is 14.5. The smallest absolute Gasteiger partial charge is 0.132 e. The van der Waals surface area contributed by atoms with Crippen LogP contribution >= 0.6 is 0 Å². The molecule has 0 aliphatic carbocycles. The molecule has 3 rings (SSSR count). The van der Waals surface area contributed by atoms with Crippen molar-refractivity contribution >= 4 is 5.82 Å². The van der Waals surface area contributed by atoms with Crippen molar-refractivity contribution in [1.29, 1.82) is 0 Å². The highest BCUT2D eigenvalue weighted by Crippen LogP contribution is 2.26. The molecule has 6 heteroatoms. The first kappa shape index (κ1) is 16.5. The van der Waals surface area contributed by atoms with Gasteiger partial charge >= 0.3 is 0 Å². The lowest BCUT2D eigenvalue weighted by Crippen LogP contribution is -2.46. The second-order valence-corrected chi connectivity index (χ2v) is 5.90. The Morgan fingerprint density at radius 2 is 1.83 bits per heavy atom. The molecule has 0 saturated carbocycles. The van der Waals surface area contributed by atoms with Gasteiger partial charge in [0.05, 0.1) is 14.2 Å². The fourth-order valence-electron chi connectivity index (χ4n) is 3.00. The molecule has 1 aliphatic rings. The van der Waals surface area contributed by atoms with E-state index in [9.17, 15) is 0 Å². The van der Waals surface area contributed by atoms with Crippen LogP contribution < -0.4 is 14.4 Å². The van der Waals surface area contributed by atoms with Crippen LogP contribution in [0, 0.1) is 6.92 Å². The summed E-state index contributed by atoms with van der Waals surface area (Å²) in [4.78, 5) is 13.4. The van der Waals surface area contributed by atoms with Crippen LogP contribution in [0.4, 0.5) is 5.82 Å². The number of ether oxygens (including phenoxy) is 2. The SMILES string of the molecule is COc1ccc(OC)c(CN2CCN(c3ccnc(C)n3)CC2)c1. The molecule has 0 amide bonds. The number of rotatable bonds is 5. The molecule has 0 bridgehead atoms. The van der Waals surface area contributed by atoms with Gasteiger partial charge in [-0.25, -0.2) is 9.97 Å². The molecular formula is C18H24N4O2. The maximum atomic E-state index is 5.48. The Bertz CT molecular complexity index is 684. The summed E-state index contributed by atoms with van der Waals surface area (Å²) in [5.41, 5.74) is 1.16. The lowest BCUT2D eigenvalue weighted by Gasteiger charge is -2.35. The Morgan fingerprint density at radius 1 is 1.04 bits per heavy atom. The fourth-order valence-corrected chi connectivity index (χ4v) is 3.00. The lowest BCUT2D eigenvalue weighted by atomic mass is 10.1. The number of aryl methyl sites for hydroxylation is 1. The number of anilines is 1. The third kappa shape index (κ3) is 3.76. The second kappa shape index (κ2) is 7.49. The third-order valence-electron chi connectivity index (χ3n) is 4.34. The number of aromatic nitrogens is 2. The molecule has 0 N–H and O–H groups in total. The van der Waals surface area contributed by atoms with Gasteiger partial charge in [0.15, 0.2) is 0 Å². The number of nitrogens with zero attached hydrogens (tertiary/aromatic N) is 4. The quantitative estimate of drug-likeness (QED) is 0.838. The van der Waals surface area contributed by atoms with Crippen LogP contribution in [0.15, 0.2) is 30.5 Å². The Hall–Kier alpha value is -2.34. The van der Waals surface area contributed by atoms with Gasteiger partial charge in [-0.2, -0.15) is 0 Å². The number of benzene rings is 1. The molecule has 1 fully saturated rings. The molecular weight excluding hydrogens is 304 g/mol. The highest BCUT2D eigenvalue weighted by molar-refractivity contribution is 5.41. The van der Waals surface area contributed by atoms with Crippen LogP contribution in [0.3, 0.4) is 0 Å². The van der Waals surface area contributed by atoms with E-state index in [1.807, 2.05) is 31.3 Å². The van der Waals surface area contributed by atoms with Crippen molar-refractivity contribution in [3.8, 4) is 11.5 Å². The van der Waals surface area contributed by atoms with Crippen molar-refractivity contribution in [2.45, 2.75) is 13.5 Å². The summed E-state index contributed by atoms with van der Waals surface area (Å²) >= 11 is 0. The Labute approximate surface area is 143 Å². The highest BCUT2D eigenvalue weighted by Gasteiger charge is 2.19. The van der Waals surface area contributed by atoms with E-state index in [2.05, 4.69) is 25.8 Å². The summed E-state index contributed by atoms with van der Waals surface area (Å²) in [5, 5.41) is 0. The highest BCUT2D eigenvalue weighted by atomic mass is 16.5. The van der Waals surface area contributed by atoms with Crippen molar-refractivity contribution in [2.24, 2.45) is 0 Å². The van der Waals surface area contributed by atoms with Gasteiger partial charge in [0, 0.05) is 44.5 Å². The van der Waals surface area contributed by atoms with E-state index in [4.69, 9.17) is 9.47 Å². The minimum absolute atomic E-state index is 0.816. The minimum Gasteiger partial charge on any atom is -0.497 e. The number of hydrogen-bond donors (Lipinski definition) is 0. The summed E-state index contributed by atoms with van der Waals surface area (Å²) in [6.45, 7) is 6.68. The summed E-state index contributed by atoms with van der Waals surface area (Å²) < 4.78 is 10.8. The van der Waals surface area contributed by atoms with Gasteiger partial charge in [-0.15, -0.1) is 0 Å². The molecule has 1 aromatic carbocycles. The third-order valence-corrected chi connectivity index (χ3v) is 4.34. The predicted molar refractivity (Wildman–Crippen MR) is 93.8 cm³/mol. The molecule has 1 saturated heterocycles. The van der Waals surface area contributed by atoms with Crippen LogP contribution in [0.1, 0.15) is 11.4 Å². The molecule has 0 spiro atoms. The van der Waals surface area contributed by atoms with Crippen LogP contribution in [0.25, 0.3) is 0 Å². The molecule has 2 aromatic rings. The molecule has 1 aromatic heterocycles. The van der Waals surface area contributed by atoms with Crippen LogP contribution in [-0.2, 0) is 6.54 Å². The summed E-state index contributed by atoms with van der Waals surface area (Å²) in [7, 11) is 3.40. The number of methoxy groups -OCH3 is 2. The molecule has 2 heterocycles. The monoisotopic (exact) mass is 328 g/mol. The van der Waals surface area contributed by atoms with Crippen molar-refractivity contribution in [2.75, 3.05) is 45.3 Å². The van der Waals surface area contributed by atoms with Crippen LogP contribution in [0.5, 0.6) is 11.5 Å². The topological polar surface area (TPSA) is 50.7 Å². The van der Waals surface area contributed by atoms with E-state index < -0.39 is 0 Å². The zero-order chi connectivity index (χ0) is 16.9. The first-order valence-corrected chi connectivity index (χ1v) is 8.17. The molecule has 128 valence electrons. The van der Waals surface area contributed by atoms with Crippen LogP contribution in [0.2, 0.25) is 0 Å². The molecule has 0 unspecified atom stereocenters. The molecule has 24 heavy (non-hydrogen) atoms. The standard InChI is InChI=1S/C18H24N4O2/c1-14-19-7-6-18(20-14)22-10-8-21(9-11-22)13-15-12-16(23-2)4-5-17(15)24-3/h4-7,12H,8-11,13H2,1-3H3. The first-order valence-electron chi connectivity index (χ1n) is 8.17. The first-order chi connectivity index (χ1) is 11.7. The lowest BCUT2D eigenvalue weighted by molar-refractivity contribution is 0.245. The summed E-state index contributed by atoms with van der Waals surface area (Å²) in [6, 6.07) is 7.93. The zero-order valence-electron chi connectivity index (χ0n) is 14.5. The average Bonchev–Trinajstić information content (AvgIpc) is 2.62. The van der Waals surface area contributed by atoms with E-state index in [-0.39, 0.29) is 0 Å². The molecule has 0 atom stereocenters. The Morgan fingerprint density at radius 3 is 2.50 bits per heavy atom. The van der Waals surface area contributed by atoms with Gasteiger partial charge in [-0.1, -0.05) is 0 Å². The summed E-state index contributed by atoms with van der Waals surface area (Å²) in [5.74, 6) is 3.60. The van der Waals surface area contributed by atoms with E-state index in [0.717, 1.165) is 61.4 Å². The normalized spacial score (nSPS) is 15.4.